The van der Waals surface area contributed by atoms with E-state index >= 15 is 0 Å². The third-order valence-corrected chi connectivity index (χ3v) is 6.97. The van der Waals surface area contributed by atoms with E-state index in [0.717, 1.165) is 9.87 Å². The van der Waals surface area contributed by atoms with Crippen LogP contribution in [0.1, 0.15) is 17.0 Å². The van der Waals surface area contributed by atoms with Gasteiger partial charge in [0, 0.05) is 31.9 Å². The number of anilines is 1. The fourth-order valence-corrected chi connectivity index (χ4v) is 5.35. The summed E-state index contributed by atoms with van der Waals surface area (Å²) in [6.07, 6.45) is -1.38. The molecule has 0 aliphatic carbocycles. The average molecular weight is 451 g/mol. The summed E-state index contributed by atoms with van der Waals surface area (Å²) in [5.41, 5.74) is 7.13. The number of carbonyl (C=O) groups excluding carboxylic acids is 2. The Labute approximate surface area is 180 Å². The largest absolute Gasteiger partial charge is 0.360 e. The Kier molecular flexibility index (Phi) is 6.62. The third-order valence-electron chi connectivity index (χ3n) is 4.87. The van der Waals surface area contributed by atoms with Crippen molar-refractivity contribution < 1.29 is 22.5 Å². The van der Waals surface area contributed by atoms with Crippen molar-refractivity contribution in [3.63, 3.8) is 0 Å². The lowest BCUT2D eigenvalue weighted by Gasteiger charge is -2.28. The van der Waals surface area contributed by atoms with Gasteiger partial charge in [-0.1, -0.05) is 17.3 Å². The smallest absolute Gasteiger partial charge is 0.323 e. The molecule has 1 fully saturated rings. The van der Waals surface area contributed by atoms with E-state index in [-0.39, 0.29) is 42.5 Å². The Balaban J connectivity index is 1.93. The molecule has 3 amide bonds. The first-order valence-electron chi connectivity index (χ1n) is 9.73. The van der Waals surface area contributed by atoms with Gasteiger partial charge in [0.1, 0.15) is 10.6 Å². The highest BCUT2D eigenvalue weighted by atomic mass is 32.2. The minimum Gasteiger partial charge on any atom is -0.360 e. The van der Waals surface area contributed by atoms with Gasteiger partial charge in [-0.25, -0.2) is 13.2 Å². The number of hydrogen-bond donors (Lipinski definition) is 3. The molecule has 0 spiro atoms. The van der Waals surface area contributed by atoms with Gasteiger partial charge in [-0.05, 0) is 38.5 Å². The third kappa shape index (κ3) is 4.55. The standard InChI is InChI=1S/C19H26N6O5S/c1-12-5-4-6-15(11-12)22-19(27)24-9-10-25(18(24)17(26)21-8-7-20)31(28,29)16-13(2)23-30-14(16)3/h4-6,11,18H,7-10,20H2,1-3H3,(H,21,26)(H,22,27). The van der Waals surface area contributed by atoms with Gasteiger partial charge in [0.2, 0.25) is 0 Å². The lowest BCUT2D eigenvalue weighted by atomic mass is 10.2. The topological polar surface area (TPSA) is 151 Å². The normalized spacial score (nSPS) is 17.0. The predicted octanol–water partition coefficient (Wildman–Crippen LogP) is 0.539. The van der Waals surface area contributed by atoms with Crippen molar-refractivity contribution in [2.75, 3.05) is 31.5 Å². The van der Waals surface area contributed by atoms with Crippen molar-refractivity contribution in [3.05, 3.63) is 41.3 Å². The molecule has 2 aromatic rings. The summed E-state index contributed by atoms with van der Waals surface area (Å²) in [6, 6.07) is 6.56. The molecule has 12 heteroatoms. The van der Waals surface area contributed by atoms with Crippen LogP contribution in [0.2, 0.25) is 0 Å². The number of rotatable bonds is 6. The minimum atomic E-state index is -4.16. The number of aryl methyl sites for hydroxylation is 3. The molecule has 1 aliphatic heterocycles. The molecular weight excluding hydrogens is 424 g/mol. The molecule has 1 unspecified atom stereocenters. The highest BCUT2D eigenvalue weighted by Gasteiger charge is 2.48. The van der Waals surface area contributed by atoms with Crippen LogP contribution >= 0.6 is 0 Å². The maximum atomic E-state index is 13.4. The molecule has 0 saturated carbocycles. The van der Waals surface area contributed by atoms with Crippen LogP contribution in [0.25, 0.3) is 0 Å². The van der Waals surface area contributed by atoms with Gasteiger partial charge in [0.15, 0.2) is 11.9 Å². The molecule has 0 radical (unpaired) electrons. The van der Waals surface area contributed by atoms with Crippen molar-refractivity contribution >= 4 is 27.6 Å². The average Bonchev–Trinajstić information content (AvgIpc) is 3.30. The molecule has 4 N–H and O–H groups in total. The summed E-state index contributed by atoms with van der Waals surface area (Å²) in [6.45, 7) is 5.15. The molecule has 1 aromatic heterocycles. The zero-order valence-electron chi connectivity index (χ0n) is 17.6. The van der Waals surface area contributed by atoms with E-state index in [0.29, 0.717) is 5.69 Å². The number of hydrogen-bond acceptors (Lipinski definition) is 7. The van der Waals surface area contributed by atoms with Crippen LogP contribution in [0.4, 0.5) is 10.5 Å². The van der Waals surface area contributed by atoms with Crippen molar-refractivity contribution in [3.8, 4) is 0 Å². The van der Waals surface area contributed by atoms with Crippen molar-refractivity contribution in [1.82, 2.24) is 19.7 Å². The molecule has 168 valence electrons. The molecule has 1 aromatic carbocycles. The summed E-state index contributed by atoms with van der Waals surface area (Å²) < 4.78 is 32.7. The fourth-order valence-electron chi connectivity index (χ4n) is 3.51. The van der Waals surface area contributed by atoms with Gasteiger partial charge in [0.25, 0.3) is 15.9 Å². The van der Waals surface area contributed by atoms with E-state index in [2.05, 4.69) is 15.8 Å². The van der Waals surface area contributed by atoms with Crippen LogP contribution in [-0.4, -0.2) is 67.1 Å². The molecular formula is C19H26N6O5S. The van der Waals surface area contributed by atoms with Crippen molar-refractivity contribution in [1.29, 1.82) is 0 Å². The van der Waals surface area contributed by atoms with E-state index in [1.807, 2.05) is 13.0 Å². The highest BCUT2D eigenvalue weighted by Crippen LogP contribution is 2.29. The van der Waals surface area contributed by atoms with Crippen LogP contribution in [0.5, 0.6) is 0 Å². The Morgan fingerprint density at radius 3 is 2.61 bits per heavy atom. The van der Waals surface area contributed by atoms with Gasteiger partial charge in [0.05, 0.1) is 0 Å². The second-order valence-electron chi connectivity index (χ2n) is 7.22. The van der Waals surface area contributed by atoms with Gasteiger partial charge >= 0.3 is 6.03 Å². The second-order valence-corrected chi connectivity index (χ2v) is 9.04. The molecule has 2 heterocycles. The monoisotopic (exact) mass is 450 g/mol. The van der Waals surface area contributed by atoms with Crippen LogP contribution in [-0.2, 0) is 14.8 Å². The number of benzene rings is 1. The predicted molar refractivity (Wildman–Crippen MR) is 113 cm³/mol. The number of sulfonamides is 1. The van der Waals surface area contributed by atoms with E-state index in [1.54, 1.807) is 18.2 Å². The first-order chi connectivity index (χ1) is 14.7. The van der Waals surface area contributed by atoms with E-state index < -0.39 is 28.1 Å². The summed E-state index contributed by atoms with van der Waals surface area (Å²) in [5, 5.41) is 9.00. The molecule has 1 atom stereocenters. The SMILES string of the molecule is Cc1cccc(NC(=O)N2CCN(S(=O)(=O)c3c(C)noc3C)C2C(=O)NCCN)c1. The van der Waals surface area contributed by atoms with Gasteiger partial charge < -0.3 is 20.9 Å². The fraction of sp³-hybridized carbons (Fsp3) is 0.421. The highest BCUT2D eigenvalue weighted by molar-refractivity contribution is 7.89. The van der Waals surface area contributed by atoms with Crippen LogP contribution in [0.3, 0.4) is 0 Å². The quantitative estimate of drug-likeness (QED) is 0.581. The van der Waals surface area contributed by atoms with Crippen LogP contribution < -0.4 is 16.4 Å². The maximum absolute atomic E-state index is 13.4. The van der Waals surface area contributed by atoms with Gasteiger partial charge in [-0.2, -0.15) is 4.31 Å². The molecule has 3 rings (SSSR count). The lowest BCUT2D eigenvalue weighted by Crippen LogP contribution is -2.55. The zero-order valence-corrected chi connectivity index (χ0v) is 18.4. The summed E-state index contributed by atoms with van der Waals surface area (Å²) in [5.74, 6) is -0.529. The Morgan fingerprint density at radius 2 is 2.00 bits per heavy atom. The molecule has 11 nitrogen and oxygen atoms in total. The minimum absolute atomic E-state index is 0.0287. The second kappa shape index (κ2) is 9.04. The Hall–Kier alpha value is -2.96. The first kappa shape index (κ1) is 22.7. The summed E-state index contributed by atoms with van der Waals surface area (Å²) in [4.78, 5) is 26.9. The van der Waals surface area contributed by atoms with Crippen LogP contribution in [0.15, 0.2) is 33.7 Å². The number of carbonyl (C=O) groups is 2. The summed E-state index contributed by atoms with van der Waals surface area (Å²) >= 11 is 0. The number of nitrogens with one attached hydrogen (secondary N) is 2. The van der Waals surface area contributed by atoms with Crippen molar-refractivity contribution in [2.45, 2.75) is 31.8 Å². The molecule has 1 saturated heterocycles. The van der Waals surface area contributed by atoms with E-state index in [1.165, 1.54) is 18.7 Å². The van der Waals surface area contributed by atoms with Crippen molar-refractivity contribution in [2.24, 2.45) is 5.73 Å². The lowest BCUT2D eigenvalue weighted by molar-refractivity contribution is -0.127. The number of aromatic nitrogens is 1. The van der Waals surface area contributed by atoms with E-state index in [9.17, 15) is 18.0 Å². The number of amides is 3. The van der Waals surface area contributed by atoms with Crippen LogP contribution in [0, 0.1) is 20.8 Å². The molecule has 0 bridgehead atoms. The van der Waals surface area contributed by atoms with Gasteiger partial charge in [-0.3, -0.25) is 9.69 Å². The molecule has 31 heavy (non-hydrogen) atoms. The summed E-state index contributed by atoms with van der Waals surface area (Å²) in [7, 11) is -4.16. The van der Waals surface area contributed by atoms with E-state index in [4.69, 9.17) is 10.3 Å². The Bertz CT molecular complexity index is 1060. The Morgan fingerprint density at radius 1 is 1.26 bits per heavy atom. The number of nitrogens with zero attached hydrogens (tertiary/aromatic N) is 3. The number of urea groups is 1. The zero-order chi connectivity index (χ0) is 22.8. The van der Waals surface area contributed by atoms with Gasteiger partial charge in [-0.15, -0.1) is 0 Å². The number of nitrogens with two attached hydrogens (primary N) is 1. The first-order valence-corrected chi connectivity index (χ1v) is 11.2. The maximum Gasteiger partial charge on any atom is 0.323 e. The molecule has 1 aliphatic rings.